The van der Waals surface area contributed by atoms with Crippen molar-refractivity contribution in [1.29, 1.82) is 0 Å². The summed E-state index contributed by atoms with van der Waals surface area (Å²) in [6, 6.07) is 13.2. The van der Waals surface area contributed by atoms with Crippen molar-refractivity contribution in [1.82, 2.24) is 0 Å². The molecule has 0 saturated carbocycles. The number of hydrogen-bond donors (Lipinski definition) is 1. The summed E-state index contributed by atoms with van der Waals surface area (Å²) in [4.78, 5) is 24.4. The maximum Gasteiger partial charge on any atom is 0.313 e. The van der Waals surface area contributed by atoms with Crippen LogP contribution in [0.25, 0.3) is 0 Å². The zero-order valence-electron chi connectivity index (χ0n) is 14.0. The number of nitrogens with one attached hydrogen (secondary N) is 1. The highest BCUT2D eigenvalue weighted by Crippen LogP contribution is 2.32. The molecule has 0 radical (unpaired) electrons. The van der Waals surface area contributed by atoms with Gasteiger partial charge in [-0.2, -0.15) is 0 Å². The zero-order valence-corrected chi connectivity index (χ0v) is 17.2. The number of amides is 1. The summed E-state index contributed by atoms with van der Waals surface area (Å²) in [6.07, 6.45) is 0.611. The minimum atomic E-state index is -0.397. The van der Waals surface area contributed by atoms with Crippen molar-refractivity contribution in [3.05, 3.63) is 62.5 Å². The Morgan fingerprint density at radius 3 is 2.28 bits per heavy atom. The molecule has 0 heterocycles. The van der Waals surface area contributed by atoms with Crippen molar-refractivity contribution in [2.75, 3.05) is 11.9 Å². The van der Waals surface area contributed by atoms with Crippen LogP contribution in [0.15, 0.2) is 51.4 Å². The highest BCUT2D eigenvalue weighted by Gasteiger charge is 2.21. The van der Waals surface area contributed by atoms with Gasteiger partial charge in [-0.3, -0.25) is 9.59 Å². The van der Waals surface area contributed by atoms with Gasteiger partial charge in [-0.1, -0.05) is 37.3 Å². The fourth-order valence-corrected chi connectivity index (χ4v) is 4.07. The number of aryl methyl sites for hydroxylation is 1. The van der Waals surface area contributed by atoms with Crippen molar-refractivity contribution in [2.24, 2.45) is 0 Å². The summed E-state index contributed by atoms with van der Waals surface area (Å²) in [5, 5.41) is 2.75. The first-order valence-electron chi connectivity index (χ1n) is 7.89. The Labute approximate surface area is 164 Å². The average molecular weight is 469 g/mol. The fourth-order valence-electron chi connectivity index (χ4n) is 2.46. The molecular weight excluding hydrogens is 450 g/mol. The predicted octanol–water partition coefficient (Wildman–Crippen LogP) is 5.20. The standard InChI is InChI=1S/C19H19Br2NO3/c1-3-14(13-7-5-4-6-8-13)19(24)25-11-17(23)22-18-15(20)9-12(2)10-16(18)21/h4-10,14H,3,11H2,1-2H3,(H,22,23)/t14-/m0/s1. The first-order valence-corrected chi connectivity index (χ1v) is 9.48. The number of rotatable bonds is 6. The normalized spacial score (nSPS) is 11.7. The lowest BCUT2D eigenvalue weighted by atomic mass is 9.97. The number of benzene rings is 2. The molecule has 2 aromatic carbocycles. The Balaban J connectivity index is 1.97. The van der Waals surface area contributed by atoms with E-state index in [2.05, 4.69) is 37.2 Å². The molecule has 4 nitrogen and oxygen atoms in total. The van der Waals surface area contributed by atoms with Crippen LogP contribution in [0.3, 0.4) is 0 Å². The van der Waals surface area contributed by atoms with E-state index < -0.39 is 5.97 Å². The van der Waals surface area contributed by atoms with Gasteiger partial charge in [0.05, 0.1) is 11.6 Å². The number of esters is 1. The molecule has 132 valence electrons. The van der Waals surface area contributed by atoms with Crippen LogP contribution in [0.4, 0.5) is 5.69 Å². The van der Waals surface area contributed by atoms with E-state index in [1.54, 1.807) is 0 Å². The van der Waals surface area contributed by atoms with Crippen LogP contribution in [0.2, 0.25) is 0 Å². The molecule has 0 spiro atoms. The van der Waals surface area contributed by atoms with Gasteiger partial charge < -0.3 is 10.1 Å². The minimum absolute atomic E-state index is 0.324. The molecule has 2 rings (SSSR count). The van der Waals surface area contributed by atoms with Crippen LogP contribution >= 0.6 is 31.9 Å². The number of carbonyl (C=O) groups excluding carboxylic acids is 2. The molecule has 0 aromatic heterocycles. The Kier molecular flexibility index (Phi) is 7.20. The van der Waals surface area contributed by atoms with Gasteiger partial charge in [0.1, 0.15) is 0 Å². The topological polar surface area (TPSA) is 55.4 Å². The van der Waals surface area contributed by atoms with Gasteiger partial charge in [0.2, 0.25) is 0 Å². The van der Waals surface area contributed by atoms with E-state index in [9.17, 15) is 9.59 Å². The highest BCUT2D eigenvalue weighted by molar-refractivity contribution is 9.11. The van der Waals surface area contributed by atoms with E-state index in [1.807, 2.05) is 56.3 Å². The zero-order chi connectivity index (χ0) is 18.4. The molecule has 0 unspecified atom stereocenters. The van der Waals surface area contributed by atoms with Crippen LogP contribution in [-0.2, 0) is 14.3 Å². The number of hydrogen-bond acceptors (Lipinski definition) is 3. The maximum atomic E-state index is 12.3. The molecule has 2 aromatic rings. The van der Waals surface area contributed by atoms with E-state index in [0.717, 1.165) is 20.1 Å². The predicted molar refractivity (Wildman–Crippen MR) is 106 cm³/mol. The van der Waals surface area contributed by atoms with Gasteiger partial charge >= 0.3 is 5.97 Å². The molecular formula is C19H19Br2NO3. The third-order valence-corrected chi connectivity index (χ3v) is 4.94. The molecule has 0 aliphatic rings. The van der Waals surface area contributed by atoms with Gasteiger partial charge in [-0.25, -0.2) is 0 Å². The van der Waals surface area contributed by atoms with Gasteiger partial charge in [0.25, 0.3) is 5.91 Å². The average Bonchev–Trinajstić information content (AvgIpc) is 2.58. The molecule has 1 N–H and O–H groups in total. The van der Waals surface area contributed by atoms with Crippen molar-refractivity contribution in [3.8, 4) is 0 Å². The quantitative estimate of drug-likeness (QED) is 0.593. The van der Waals surface area contributed by atoms with Crippen LogP contribution in [0.5, 0.6) is 0 Å². The Morgan fingerprint density at radius 2 is 1.72 bits per heavy atom. The van der Waals surface area contributed by atoms with Gasteiger partial charge in [-0.05, 0) is 68.5 Å². The monoisotopic (exact) mass is 467 g/mol. The third kappa shape index (κ3) is 5.41. The second-order valence-electron chi connectivity index (χ2n) is 5.63. The van der Waals surface area contributed by atoms with E-state index in [1.165, 1.54) is 0 Å². The van der Waals surface area contributed by atoms with Gasteiger partial charge in [0, 0.05) is 8.95 Å². The van der Waals surface area contributed by atoms with Gasteiger partial charge in [0.15, 0.2) is 6.61 Å². The number of halogens is 2. The molecule has 6 heteroatoms. The Bertz CT molecular complexity index is 740. The summed E-state index contributed by atoms with van der Waals surface area (Å²) < 4.78 is 6.72. The summed E-state index contributed by atoms with van der Waals surface area (Å²) in [5.41, 5.74) is 2.55. The SMILES string of the molecule is CC[C@H](C(=O)OCC(=O)Nc1c(Br)cc(C)cc1Br)c1ccccc1. The van der Waals surface area contributed by atoms with Crippen molar-refractivity contribution >= 4 is 49.4 Å². The lowest BCUT2D eigenvalue weighted by Gasteiger charge is -2.15. The Hall–Kier alpha value is -1.66. The van der Waals surface area contributed by atoms with Crippen molar-refractivity contribution in [3.63, 3.8) is 0 Å². The van der Waals surface area contributed by atoms with E-state index in [-0.39, 0.29) is 18.4 Å². The van der Waals surface area contributed by atoms with Crippen LogP contribution in [-0.4, -0.2) is 18.5 Å². The first-order chi connectivity index (χ1) is 11.9. The van der Waals surface area contributed by atoms with Crippen LogP contribution < -0.4 is 5.32 Å². The lowest BCUT2D eigenvalue weighted by Crippen LogP contribution is -2.24. The molecule has 0 saturated heterocycles. The number of anilines is 1. The molecule has 1 atom stereocenters. The summed E-state index contributed by atoms with van der Waals surface area (Å²) in [5.74, 6) is -1.15. The smallest absolute Gasteiger partial charge is 0.313 e. The summed E-state index contributed by atoms with van der Waals surface area (Å²) >= 11 is 6.84. The number of ether oxygens (including phenoxy) is 1. The summed E-state index contributed by atoms with van der Waals surface area (Å²) in [7, 11) is 0. The molecule has 0 fully saturated rings. The molecule has 0 bridgehead atoms. The van der Waals surface area contributed by atoms with Crippen molar-refractivity contribution in [2.45, 2.75) is 26.2 Å². The van der Waals surface area contributed by atoms with E-state index in [4.69, 9.17) is 4.74 Å². The maximum absolute atomic E-state index is 12.3. The highest BCUT2D eigenvalue weighted by atomic mass is 79.9. The van der Waals surface area contributed by atoms with Crippen molar-refractivity contribution < 1.29 is 14.3 Å². The second-order valence-corrected chi connectivity index (χ2v) is 7.34. The number of carbonyl (C=O) groups is 2. The lowest BCUT2D eigenvalue weighted by molar-refractivity contribution is -0.149. The molecule has 0 aliphatic heterocycles. The Morgan fingerprint density at radius 1 is 1.12 bits per heavy atom. The minimum Gasteiger partial charge on any atom is -0.455 e. The summed E-state index contributed by atoms with van der Waals surface area (Å²) in [6.45, 7) is 3.55. The third-order valence-electron chi connectivity index (χ3n) is 3.69. The van der Waals surface area contributed by atoms with E-state index >= 15 is 0 Å². The van der Waals surface area contributed by atoms with Crippen LogP contribution in [0, 0.1) is 6.92 Å². The van der Waals surface area contributed by atoms with Gasteiger partial charge in [-0.15, -0.1) is 0 Å². The molecule has 1 amide bonds. The second kappa shape index (κ2) is 9.15. The van der Waals surface area contributed by atoms with E-state index in [0.29, 0.717) is 12.1 Å². The largest absolute Gasteiger partial charge is 0.455 e. The first kappa shape index (κ1) is 19.7. The van der Waals surface area contributed by atoms with Crippen LogP contribution in [0.1, 0.15) is 30.4 Å². The molecule has 25 heavy (non-hydrogen) atoms. The fraction of sp³-hybridized carbons (Fsp3) is 0.263. The molecule has 0 aliphatic carbocycles.